The van der Waals surface area contributed by atoms with Gasteiger partial charge in [0.1, 0.15) is 5.54 Å². The molecule has 17 heavy (non-hydrogen) atoms. The molecule has 90 valence electrons. The van der Waals surface area contributed by atoms with E-state index >= 15 is 0 Å². The molecule has 4 heteroatoms. The number of likely N-dealkylation sites (tertiary alicyclic amines) is 1. The minimum Gasteiger partial charge on any atom is -0.480 e. The van der Waals surface area contributed by atoms with Crippen molar-refractivity contribution in [3.05, 3.63) is 35.9 Å². The van der Waals surface area contributed by atoms with Crippen molar-refractivity contribution in [2.24, 2.45) is 0 Å². The molecule has 2 bridgehead atoms. The van der Waals surface area contributed by atoms with Crippen molar-refractivity contribution in [2.45, 2.75) is 24.5 Å². The number of carbonyl (C=O) groups is 1. The molecule has 0 saturated carbocycles. The summed E-state index contributed by atoms with van der Waals surface area (Å²) in [7, 11) is 0. The summed E-state index contributed by atoms with van der Waals surface area (Å²) in [5.74, 6) is -0.694. The zero-order chi connectivity index (χ0) is 11.9. The van der Waals surface area contributed by atoms with Crippen LogP contribution < -0.4 is 5.32 Å². The molecule has 0 aromatic heterocycles. The van der Waals surface area contributed by atoms with Crippen molar-refractivity contribution >= 4 is 5.97 Å². The Bertz CT molecular complexity index is 434. The lowest BCUT2D eigenvalue weighted by molar-refractivity contribution is -0.149. The van der Waals surface area contributed by atoms with Crippen LogP contribution in [0.2, 0.25) is 0 Å². The minimum absolute atomic E-state index is 0.342. The first-order chi connectivity index (χ1) is 8.21. The molecule has 1 aromatic rings. The van der Waals surface area contributed by atoms with Gasteiger partial charge < -0.3 is 10.4 Å². The van der Waals surface area contributed by atoms with E-state index in [1.54, 1.807) is 0 Å². The zero-order valence-electron chi connectivity index (χ0n) is 9.60. The Morgan fingerprint density at radius 2 is 2.24 bits per heavy atom. The highest BCUT2D eigenvalue weighted by atomic mass is 16.4. The Labute approximate surface area is 100 Å². The average molecular weight is 232 g/mol. The van der Waals surface area contributed by atoms with Gasteiger partial charge >= 0.3 is 5.97 Å². The first-order valence-electron chi connectivity index (χ1n) is 5.96. The number of rotatable bonds is 3. The van der Waals surface area contributed by atoms with E-state index in [2.05, 4.69) is 22.3 Å². The predicted molar refractivity (Wildman–Crippen MR) is 63.6 cm³/mol. The molecular weight excluding hydrogens is 216 g/mol. The molecular formula is C13H16N2O2. The predicted octanol–water partition coefficient (Wildman–Crippen LogP) is 0.688. The van der Waals surface area contributed by atoms with Gasteiger partial charge in [-0.05, 0) is 12.0 Å². The summed E-state index contributed by atoms with van der Waals surface area (Å²) in [6, 6.07) is 10.4. The Kier molecular flexibility index (Phi) is 2.42. The van der Waals surface area contributed by atoms with Crippen molar-refractivity contribution in [3.63, 3.8) is 0 Å². The fourth-order valence-electron chi connectivity index (χ4n) is 2.99. The first kappa shape index (κ1) is 10.7. The number of nitrogens with one attached hydrogen (secondary N) is 1. The Morgan fingerprint density at radius 3 is 2.88 bits per heavy atom. The van der Waals surface area contributed by atoms with Gasteiger partial charge in [-0.3, -0.25) is 9.69 Å². The zero-order valence-corrected chi connectivity index (χ0v) is 9.60. The van der Waals surface area contributed by atoms with E-state index < -0.39 is 11.5 Å². The van der Waals surface area contributed by atoms with E-state index in [0.717, 1.165) is 19.5 Å². The number of carboxylic acid groups (broad SMARTS) is 1. The van der Waals surface area contributed by atoms with Crippen LogP contribution in [-0.2, 0) is 11.3 Å². The number of benzene rings is 1. The van der Waals surface area contributed by atoms with Crippen LogP contribution in [0.15, 0.2) is 30.3 Å². The highest BCUT2D eigenvalue weighted by Crippen LogP contribution is 2.35. The van der Waals surface area contributed by atoms with Gasteiger partial charge in [0.05, 0.1) is 0 Å². The molecule has 3 rings (SSSR count). The quantitative estimate of drug-likeness (QED) is 0.805. The van der Waals surface area contributed by atoms with Gasteiger partial charge in [-0.15, -0.1) is 0 Å². The van der Waals surface area contributed by atoms with Crippen molar-refractivity contribution in [1.82, 2.24) is 10.2 Å². The summed E-state index contributed by atoms with van der Waals surface area (Å²) < 4.78 is 0. The third-order valence-electron chi connectivity index (χ3n) is 3.93. The van der Waals surface area contributed by atoms with Crippen LogP contribution in [0, 0.1) is 0 Å². The molecule has 0 aliphatic carbocycles. The van der Waals surface area contributed by atoms with Crippen LogP contribution in [0.3, 0.4) is 0 Å². The van der Waals surface area contributed by atoms with Crippen molar-refractivity contribution in [2.75, 3.05) is 13.1 Å². The van der Waals surface area contributed by atoms with Crippen molar-refractivity contribution in [1.29, 1.82) is 0 Å². The Balaban J connectivity index is 1.82. The summed E-state index contributed by atoms with van der Waals surface area (Å²) >= 11 is 0. The first-order valence-corrected chi connectivity index (χ1v) is 5.96. The van der Waals surface area contributed by atoms with Gasteiger partial charge in [0, 0.05) is 25.7 Å². The maximum absolute atomic E-state index is 11.5. The Morgan fingerprint density at radius 1 is 1.47 bits per heavy atom. The van der Waals surface area contributed by atoms with Crippen molar-refractivity contribution < 1.29 is 9.90 Å². The largest absolute Gasteiger partial charge is 0.480 e. The number of fused-ring (bicyclic) bond motifs is 2. The SMILES string of the molecule is O=C(O)[C@]12CN[C@H](CN1Cc1ccccc1)C2. The smallest absolute Gasteiger partial charge is 0.325 e. The number of hydrogen-bond donors (Lipinski definition) is 2. The number of aliphatic carboxylic acids is 1. The molecule has 2 aliphatic rings. The van der Waals surface area contributed by atoms with Crippen molar-refractivity contribution in [3.8, 4) is 0 Å². The maximum atomic E-state index is 11.5. The molecule has 0 unspecified atom stereocenters. The van der Waals surface area contributed by atoms with Gasteiger partial charge in [-0.2, -0.15) is 0 Å². The van der Waals surface area contributed by atoms with Gasteiger partial charge in [0.15, 0.2) is 0 Å². The fourth-order valence-corrected chi connectivity index (χ4v) is 2.99. The topological polar surface area (TPSA) is 52.6 Å². The molecule has 0 spiro atoms. The normalized spacial score (nSPS) is 31.9. The lowest BCUT2D eigenvalue weighted by Crippen LogP contribution is -2.56. The molecule has 4 nitrogen and oxygen atoms in total. The highest BCUT2D eigenvalue weighted by Gasteiger charge is 2.55. The van der Waals surface area contributed by atoms with Crippen LogP contribution in [0.4, 0.5) is 0 Å². The third-order valence-corrected chi connectivity index (χ3v) is 3.93. The minimum atomic E-state index is -0.694. The van der Waals surface area contributed by atoms with E-state index in [9.17, 15) is 9.90 Å². The van der Waals surface area contributed by atoms with E-state index in [-0.39, 0.29) is 0 Å². The van der Waals surface area contributed by atoms with Crippen LogP contribution in [-0.4, -0.2) is 40.6 Å². The van der Waals surface area contributed by atoms with Gasteiger partial charge in [0.2, 0.25) is 0 Å². The maximum Gasteiger partial charge on any atom is 0.325 e. The fraction of sp³-hybridized carbons (Fsp3) is 0.462. The molecule has 2 atom stereocenters. The second-order valence-corrected chi connectivity index (χ2v) is 4.98. The standard InChI is InChI=1S/C13H16N2O2/c16-12(17)13-6-11(14-9-13)8-15(13)7-10-4-2-1-3-5-10/h1-5,11,14H,6-9H2,(H,16,17)/t11-,13-/m0/s1. The third kappa shape index (κ3) is 1.64. The van der Waals surface area contributed by atoms with E-state index in [0.29, 0.717) is 12.6 Å². The second kappa shape index (κ2) is 3.82. The van der Waals surface area contributed by atoms with E-state index in [1.807, 2.05) is 18.2 Å². The van der Waals surface area contributed by atoms with Crippen LogP contribution in [0.25, 0.3) is 0 Å². The number of piperazine rings is 1. The molecule has 2 fully saturated rings. The summed E-state index contributed by atoms with van der Waals surface area (Å²) in [4.78, 5) is 13.6. The van der Waals surface area contributed by atoms with Crippen LogP contribution in [0.1, 0.15) is 12.0 Å². The monoisotopic (exact) mass is 232 g/mol. The van der Waals surface area contributed by atoms with E-state index in [4.69, 9.17) is 0 Å². The van der Waals surface area contributed by atoms with Gasteiger partial charge in [-0.25, -0.2) is 0 Å². The number of nitrogens with zero attached hydrogens (tertiary/aromatic N) is 1. The van der Waals surface area contributed by atoms with Crippen LogP contribution >= 0.6 is 0 Å². The number of carboxylic acids is 1. The molecule has 0 radical (unpaired) electrons. The summed E-state index contributed by atoms with van der Waals surface area (Å²) in [5.41, 5.74) is 0.501. The summed E-state index contributed by atoms with van der Waals surface area (Å²) in [6.45, 7) is 2.13. The lowest BCUT2D eigenvalue weighted by atomic mass is 9.98. The number of hydrogen-bond acceptors (Lipinski definition) is 3. The molecule has 2 heterocycles. The highest BCUT2D eigenvalue weighted by molar-refractivity contribution is 5.80. The van der Waals surface area contributed by atoms with Gasteiger partial charge in [-0.1, -0.05) is 30.3 Å². The van der Waals surface area contributed by atoms with E-state index in [1.165, 1.54) is 5.56 Å². The molecule has 2 aliphatic heterocycles. The average Bonchev–Trinajstić information content (AvgIpc) is 2.89. The second-order valence-electron chi connectivity index (χ2n) is 4.98. The molecule has 0 amide bonds. The molecule has 2 saturated heterocycles. The van der Waals surface area contributed by atoms with Crippen LogP contribution in [0.5, 0.6) is 0 Å². The summed E-state index contributed by atoms with van der Waals surface area (Å²) in [6.07, 6.45) is 0.731. The summed E-state index contributed by atoms with van der Waals surface area (Å²) in [5, 5.41) is 12.7. The lowest BCUT2D eigenvalue weighted by Gasteiger charge is -2.35. The Hall–Kier alpha value is -1.39. The molecule has 2 N–H and O–H groups in total. The van der Waals surface area contributed by atoms with Gasteiger partial charge in [0.25, 0.3) is 0 Å². The molecule has 1 aromatic carbocycles.